The van der Waals surface area contributed by atoms with E-state index in [1.54, 1.807) is 6.07 Å². The number of hydrogen-bond acceptors (Lipinski definition) is 5. The molecule has 1 N–H and O–H groups in total. The second kappa shape index (κ2) is 6.20. The third-order valence-electron chi connectivity index (χ3n) is 4.36. The first-order valence-electron chi connectivity index (χ1n) is 8.08. The molecule has 0 bridgehead atoms. The first-order valence-corrected chi connectivity index (χ1v) is 8.08. The van der Waals surface area contributed by atoms with Crippen LogP contribution in [0.2, 0.25) is 0 Å². The molecule has 1 aromatic rings. The molecule has 1 aromatic heterocycles. The molecule has 2 saturated heterocycles. The molecule has 1 amide bonds. The van der Waals surface area contributed by atoms with Gasteiger partial charge in [-0.05, 0) is 51.7 Å². The predicted molar refractivity (Wildman–Crippen MR) is 84.0 cm³/mol. The quantitative estimate of drug-likeness (QED) is 0.918. The molecule has 0 aromatic carbocycles. The van der Waals surface area contributed by atoms with E-state index in [1.807, 2.05) is 6.07 Å². The number of anilines is 1. The summed E-state index contributed by atoms with van der Waals surface area (Å²) >= 11 is 0. The third kappa shape index (κ3) is 3.55. The molecule has 1 unspecified atom stereocenters. The monoisotopic (exact) mass is 304 g/mol. The number of carbonyl (C=O) groups excluding carboxylic acids is 1. The van der Waals surface area contributed by atoms with E-state index in [-0.39, 0.29) is 17.6 Å². The Hall–Kier alpha value is -1.69. The van der Waals surface area contributed by atoms with Gasteiger partial charge in [0.2, 0.25) is 0 Å². The van der Waals surface area contributed by atoms with Crippen molar-refractivity contribution >= 4 is 11.7 Å². The minimum atomic E-state index is -0.186. The number of hydrogen-bond donors (Lipinski definition) is 1. The topological polar surface area (TPSA) is 67.4 Å². The molecule has 6 heteroatoms. The highest BCUT2D eigenvalue weighted by molar-refractivity contribution is 5.92. The van der Waals surface area contributed by atoms with Gasteiger partial charge >= 0.3 is 0 Å². The molecule has 0 aliphatic carbocycles. The van der Waals surface area contributed by atoms with Crippen molar-refractivity contribution in [2.24, 2.45) is 0 Å². The molecule has 2 aliphatic rings. The van der Waals surface area contributed by atoms with Crippen molar-refractivity contribution < 1.29 is 9.53 Å². The summed E-state index contributed by atoms with van der Waals surface area (Å²) in [5.41, 5.74) is 0.284. The van der Waals surface area contributed by atoms with Crippen molar-refractivity contribution in [2.75, 3.05) is 24.5 Å². The summed E-state index contributed by atoms with van der Waals surface area (Å²) in [6.07, 6.45) is 4.49. The lowest BCUT2D eigenvalue weighted by Gasteiger charge is -2.19. The van der Waals surface area contributed by atoms with Gasteiger partial charge in [0.15, 0.2) is 11.5 Å². The second-order valence-electron chi connectivity index (χ2n) is 6.72. The summed E-state index contributed by atoms with van der Waals surface area (Å²) in [5.74, 6) is 0.670. The summed E-state index contributed by atoms with van der Waals surface area (Å²) in [5, 5.41) is 11.1. The van der Waals surface area contributed by atoms with Crippen molar-refractivity contribution in [2.45, 2.75) is 51.2 Å². The standard InChI is InChI=1S/C16H24N4O2/c1-16(2)8-7-12(22-16)11-17-15(21)13-5-6-14(19-18-13)20-9-3-4-10-20/h5-6,12H,3-4,7-11H2,1-2H3,(H,17,21). The van der Waals surface area contributed by atoms with Gasteiger partial charge in [0.1, 0.15) is 0 Å². The third-order valence-corrected chi connectivity index (χ3v) is 4.36. The molecule has 2 fully saturated rings. The van der Waals surface area contributed by atoms with Gasteiger partial charge in [-0.25, -0.2) is 0 Å². The lowest BCUT2D eigenvalue weighted by atomic mass is 10.1. The average Bonchev–Trinajstić information content (AvgIpc) is 3.14. The molecular weight excluding hydrogens is 280 g/mol. The number of rotatable bonds is 4. The highest BCUT2D eigenvalue weighted by atomic mass is 16.5. The zero-order valence-electron chi connectivity index (χ0n) is 13.3. The maximum atomic E-state index is 12.1. The molecule has 0 spiro atoms. The van der Waals surface area contributed by atoms with Crippen molar-refractivity contribution in [3.05, 3.63) is 17.8 Å². The SMILES string of the molecule is CC1(C)CCC(CNC(=O)c2ccc(N3CCCC3)nn2)O1. The van der Waals surface area contributed by atoms with Crippen LogP contribution in [0.15, 0.2) is 12.1 Å². The van der Waals surface area contributed by atoms with Crippen LogP contribution in [-0.4, -0.2) is 47.4 Å². The first-order chi connectivity index (χ1) is 10.5. The molecule has 2 aliphatic heterocycles. The van der Waals surface area contributed by atoms with Crippen LogP contribution < -0.4 is 10.2 Å². The highest BCUT2D eigenvalue weighted by Crippen LogP contribution is 2.28. The maximum Gasteiger partial charge on any atom is 0.271 e. The van der Waals surface area contributed by atoms with E-state index in [2.05, 4.69) is 34.3 Å². The van der Waals surface area contributed by atoms with E-state index in [4.69, 9.17) is 4.74 Å². The minimum Gasteiger partial charge on any atom is -0.371 e. The summed E-state index contributed by atoms with van der Waals surface area (Å²) < 4.78 is 5.86. The van der Waals surface area contributed by atoms with Crippen molar-refractivity contribution in [3.63, 3.8) is 0 Å². The second-order valence-corrected chi connectivity index (χ2v) is 6.72. The van der Waals surface area contributed by atoms with E-state index < -0.39 is 0 Å². The molecule has 3 heterocycles. The number of aromatic nitrogens is 2. The van der Waals surface area contributed by atoms with E-state index in [9.17, 15) is 4.79 Å². The van der Waals surface area contributed by atoms with E-state index in [0.29, 0.717) is 12.2 Å². The van der Waals surface area contributed by atoms with Gasteiger partial charge in [0, 0.05) is 19.6 Å². The Balaban J connectivity index is 1.52. The molecule has 120 valence electrons. The van der Waals surface area contributed by atoms with Crippen molar-refractivity contribution in [3.8, 4) is 0 Å². The Labute approximate surface area is 131 Å². The Kier molecular flexibility index (Phi) is 4.29. The summed E-state index contributed by atoms with van der Waals surface area (Å²) in [4.78, 5) is 14.3. The lowest BCUT2D eigenvalue weighted by Crippen LogP contribution is -2.34. The van der Waals surface area contributed by atoms with Crippen LogP contribution in [0.4, 0.5) is 5.82 Å². The lowest BCUT2D eigenvalue weighted by molar-refractivity contribution is -0.0138. The summed E-state index contributed by atoms with van der Waals surface area (Å²) in [7, 11) is 0. The average molecular weight is 304 g/mol. The van der Waals surface area contributed by atoms with Gasteiger partial charge in [-0.2, -0.15) is 0 Å². The van der Waals surface area contributed by atoms with Gasteiger partial charge < -0.3 is 15.0 Å². The van der Waals surface area contributed by atoms with Gasteiger partial charge in [0.25, 0.3) is 5.91 Å². The molecule has 0 saturated carbocycles. The predicted octanol–water partition coefficient (Wildman–Crippen LogP) is 1.76. The van der Waals surface area contributed by atoms with Gasteiger partial charge in [-0.15, -0.1) is 10.2 Å². The van der Waals surface area contributed by atoms with Crippen LogP contribution in [0.5, 0.6) is 0 Å². The summed E-state index contributed by atoms with van der Waals surface area (Å²) in [6.45, 7) is 6.73. The fourth-order valence-corrected chi connectivity index (χ4v) is 3.08. The largest absolute Gasteiger partial charge is 0.371 e. The Morgan fingerprint density at radius 3 is 2.73 bits per heavy atom. The number of carbonyl (C=O) groups is 1. The molecule has 1 atom stereocenters. The molecule has 3 rings (SSSR count). The Morgan fingerprint density at radius 1 is 1.36 bits per heavy atom. The molecule has 6 nitrogen and oxygen atoms in total. The fourth-order valence-electron chi connectivity index (χ4n) is 3.08. The molecule has 22 heavy (non-hydrogen) atoms. The van der Waals surface area contributed by atoms with Crippen molar-refractivity contribution in [1.82, 2.24) is 15.5 Å². The first kappa shape index (κ1) is 15.2. The smallest absolute Gasteiger partial charge is 0.271 e. The zero-order chi connectivity index (χ0) is 15.6. The van der Waals surface area contributed by atoms with Gasteiger partial charge in [-0.3, -0.25) is 4.79 Å². The van der Waals surface area contributed by atoms with Gasteiger partial charge in [-0.1, -0.05) is 0 Å². The molecular formula is C16H24N4O2. The minimum absolute atomic E-state index is 0.0768. The number of nitrogens with zero attached hydrogens (tertiary/aromatic N) is 3. The van der Waals surface area contributed by atoms with E-state index >= 15 is 0 Å². The molecule has 0 radical (unpaired) electrons. The Morgan fingerprint density at radius 2 is 2.14 bits per heavy atom. The van der Waals surface area contributed by atoms with Crippen LogP contribution in [0.3, 0.4) is 0 Å². The highest BCUT2D eigenvalue weighted by Gasteiger charge is 2.31. The van der Waals surface area contributed by atoms with Crippen LogP contribution >= 0.6 is 0 Å². The maximum absolute atomic E-state index is 12.1. The van der Waals surface area contributed by atoms with E-state index in [1.165, 1.54) is 12.8 Å². The number of amides is 1. The van der Waals surface area contributed by atoms with Crippen LogP contribution in [0.1, 0.15) is 50.0 Å². The fraction of sp³-hybridized carbons (Fsp3) is 0.688. The van der Waals surface area contributed by atoms with E-state index in [0.717, 1.165) is 31.7 Å². The van der Waals surface area contributed by atoms with Crippen molar-refractivity contribution in [1.29, 1.82) is 0 Å². The van der Waals surface area contributed by atoms with Crippen LogP contribution in [0, 0.1) is 0 Å². The van der Waals surface area contributed by atoms with Gasteiger partial charge in [0.05, 0.1) is 11.7 Å². The zero-order valence-corrected chi connectivity index (χ0v) is 13.3. The van der Waals surface area contributed by atoms with Crippen LogP contribution in [0.25, 0.3) is 0 Å². The van der Waals surface area contributed by atoms with Crippen LogP contribution in [-0.2, 0) is 4.74 Å². The number of ether oxygens (including phenoxy) is 1. The number of nitrogens with one attached hydrogen (secondary N) is 1. The summed E-state index contributed by atoms with van der Waals surface area (Å²) in [6, 6.07) is 3.62. The Bertz CT molecular complexity index is 523. The normalized spacial score (nSPS) is 23.7.